The molecule has 1 atom stereocenters. The van der Waals surface area contributed by atoms with Gasteiger partial charge in [0.05, 0.1) is 0 Å². The topological polar surface area (TPSA) is 58.6 Å². The Morgan fingerprint density at radius 3 is 2.32 bits per heavy atom. The van der Waals surface area contributed by atoms with Gasteiger partial charge in [0, 0.05) is 40.1 Å². The van der Waals surface area contributed by atoms with Crippen molar-refractivity contribution in [2.45, 2.75) is 25.9 Å². The minimum Gasteiger partial charge on any atom is -0.484 e. The maximum absolute atomic E-state index is 13.5. The molecule has 0 heterocycles. The Bertz CT molecular complexity index is 1140. The van der Waals surface area contributed by atoms with Crippen LogP contribution in [0, 0.1) is 6.92 Å². The van der Waals surface area contributed by atoms with E-state index in [9.17, 15) is 9.59 Å². The summed E-state index contributed by atoms with van der Waals surface area (Å²) in [5.74, 6) is -0.0923. The third kappa shape index (κ3) is 6.75. The van der Waals surface area contributed by atoms with Gasteiger partial charge in [-0.15, -0.1) is 0 Å². The Balaban J connectivity index is 1.92. The third-order valence-electron chi connectivity index (χ3n) is 5.40. The van der Waals surface area contributed by atoms with Gasteiger partial charge < -0.3 is 15.0 Å². The number of nitrogens with zero attached hydrogens (tertiary/aromatic N) is 1. The van der Waals surface area contributed by atoms with Gasteiger partial charge in [-0.25, -0.2) is 0 Å². The highest BCUT2D eigenvalue weighted by Gasteiger charge is 2.31. The number of carbonyl (C=O) groups excluding carboxylic acids is 2. The van der Waals surface area contributed by atoms with E-state index in [1.807, 2.05) is 49.4 Å². The fourth-order valence-electron chi connectivity index (χ4n) is 3.51. The van der Waals surface area contributed by atoms with Crippen molar-refractivity contribution in [3.05, 3.63) is 97.9 Å². The van der Waals surface area contributed by atoms with E-state index in [4.69, 9.17) is 27.9 Å². The van der Waals surface area contributed by atoms with E-state index in [1.165, 1.54) is 4.90 Å². The van der Waals surface area contributed by atoms with E-state index in [1.54, 1.807) is 31.3 Å². The zero-order valence-electron chi connectivity index (χ0n) is 18.9. The van der Waals surface area contributed by atoms with Gasteiger partial charge in [-0.2, -0.15) is 0 Å². The number of ether oxygens (including phenoxy) is 1. The number of amides is 2. The molecule has 0 spiro atoms. The summed E-state index contributed by atoms with van der Waals surface area (Å²) in [7, 11) is 1.55. The van der Waals surface area contributed by atoms with E-state index in [-0.39, 0.29) is 25.0 Å². The van der Waals surface area contributed by atoms with Crippen molar-refractivity contribution < 1.29 is 14.3 Å². The fourth-order valence-corrected chi connectivity index (χ4v) is 4.27. The molecule has 0 saturated heterocycles. The van der Waals surface area contributed by atoms with Crippen LogP contribution < -0.4 is 10.1 Å². The van der Waals surface area contributed by atoms with Crippen molar-refractivity contribution in [3.8, 4) is 5.75 Å². The molecule has 0 saturated carbocycles. The molecule has 3 aromatic carbocycles. The molecule has 8 heteroatoms. The van der Waals surface area contributed by atoms with Crippen molar-refractivity contribution in [2.75, 3.05) is 13.7 Å². The molecule has 0 fully saturated rings. The molecule has 0 radical (unpaired) electrons. The second-order valence-corrected chi connectivity index (χ2v) is 9.41. The summed E-state index contributed by atoms with van der Waals surface area (Å²) in [4.78, 5) is 27.9. The first-order chi connectivity index (χ1) is 16.3. The van der Waals surface area contributed by atoms with Crippen LogP contribution in [0.5, 0.6) is 5.75 Å². The lowest BCUT2D eigenvalue weighted by Gasteiger charge is -2.31. The van der Waals surface area contributed by atoms with Crippen molar-refractivity contribution >= 4 is 50.9 Å². The van der Waals surface area contributed by atoms with Gasteiger partial charge in [-0.3, -0.25) is 9.59 Å². The van der Waals surface area contributed by atoms with Gasteiger partial charge in [0.2, 0.25) is 5.91 Å². The highest BCUT2D eigenvalue weighted by atomic mass is 79.9. The van der Waals surface area contributed by atoms with Crippen molar-refractivity contribution in [3.63, 3.8) is 0 Å². The first-order valence-electron chi connectivity index (χ1n) is 10.7. The largest absolute Gasteiger partial charge is 0.484 e. The number of rotatable bonds is 9. The first-order valence-corrected chi connectivity index (χ1v) is 12.2. The van der Waals surface area contributed by atoms with Gasteiger partial charge in [0.15, 0.2) is 6.61 Å². The molecule has 178 valence electrons. The molecule has 0 aliphatic heterocycles. The predicted octanol–water partition coefficient (Wildman–Crippen LogP) is 5.83. The molecule has 2 amide bonds. The molecule has 0 aliphatic carbocycles. The number of hydrogen-bond donors (Lipinski definition) is 1. The molecule has 0 unspecified atom stereocenters. The minimum atomic E-state index is -0.789. The molecule has 0 aromatic heterocycles. The number of aryl methyl sites for hydroxylation is 1. The number of carbonyl (C=O) groups is 2. The average molecular weight is 564 g/mol. The second kappa shape index (κ2) is 12.2. The van der Waals surface area contributed by atoms with E-state index in [2.05, 4.69) is 21.2 Å². The number of benzene rings is 3. The molecule has 0 bridgehead atoms. The maximum Gasteiger partial charge on any atom is 0.261 e. The molecular weight excluding hydrogens is 539 g/mol. The Kier molecular flexibility index (Phi) is 9.39. The minimum absolute atomic E-state index is 0.0605. The Hall–Kier alpha value is -2.54. The van der Waals surface area contributed by atoms with Gasteiger partial charge in [0.25, 0.3) is 5.91 Å². The fraction of sp³-hybridized carbons (Fsp3) is 0.231. The van der Waals surface area contributed by atoms with Gasteiger partial charge in [-0.1, -0.05) is 75.5 Å². The molecule has 1 N–H and O–H groups in total. The number of nitrogens with one attached hydrogen (secondary N) is 1. The summed E-state index contributed by atoms with van der Waals surface area (Å²) in [5.41, 5.74) is 2.47. The van der Waals surface area contributed by atoms with Crippen LogP contribution >= 0.6 is 39.1 Å². The van der Waals surface area contributed by atoms with Crippen LogP contribution in [0.25, 0.3) is 0 Å². The van der Waals surface area contributed by atoms with Gasteiger partial charge in [-0.05, 0) is 48.4 Å². The summed E-state index contributed by atoms with van der Waals surface area (Å²) in [5, 5.41) is 3.52. The van der Waals surface area contributed by atoms with E-state index < -0.39 is 6.04 Å². The summed E-state index contributed by atoms with van der Waals surface area (Å²) in [6.45, 7) is 1.75. The van der Waals surface area contributed by atoms with Gasteiger partial charge >= 0.3 is 0 Å². The molecular formula is C26H25BrCl2N2O3. The predicted molar refractivity (Wildman–Crippen MR) is 139 cm³/mol. The third-order valence-corrected chi connectivity index (χ3v) is 7.00. The standard InChI is InChI=1S/C26H25BrCl2N2O3/c1-17-13-19(11-12-21(17)27)34-16-25(32)31(15-20-22(28)9-6-10-23(20)29)24(26(33)30-2)14-18-7-4-3-5-8-18/h3-13,24H,14-16H2,1-2H3,(H,30,33)/t24-/m0/s1. The van der Waals surface area contributed by atoms with Crippen LogP contribution in [0.2, 0.25) is 10.0 Å². The number of likely N-dealkylation sites (N-methyl/N-ethyl adjacent to an activating group) is 1. The smallest absolute Gasteiger partial charge is 0.261 e. The summed E-state index contributed by atoms with van der Waals surface area (Å²) >= 11 is 16.3. The van der Waals surface area contributed by atoms with E-state index in [0.717, 1.165) is 15.6 Å². The van der Waals surface area contributed by atoms with Crippen molar-refractivity contribution in [1.82, 2.24) is 10.2 Å². The van der Waals surface area contributed by atoms with Crippen LogP contribution in [0.1, 0.15) is 16.7 Å². The van der Waals surface area contributed by atoms with Crippen LogP contribution in [-0.2, 0) is 22.6 Å². The Morgan fingerprint density at radius 2 is 1.71 bits per heavy atom. The number of halogens is 3. The second-order valence-electron chi connectivity index (χ2n) is 7.74. The van der Waals surface area contributed by atoms with Crippen molar-refractivity contribution in [2.24, 2.45) is 0 Å². The quantitative estimate of drug-likeness (QED) is 0.356. The molecule has 3 aromatic rings. The average Bonchev–Trinajstić information content (AvgIpc) is 2.83. The molecule has 3 rings (SSSR count). The van der Waals surface area contributed by atoms with E-state index >= 15 is 0 Å². The SMILES string of the molecule is CNC(=O)[C@H](Cc1ccccc1)N(Cc1c(Cl)cccc1Cl)C(=O)COc1ccc(Br)c(C)c1. The van der Waals surface area contributed by atoms with Crippen LogP contribution in [0.15, 0.2) is 71.2 Å². The maximum atomic E-state index is 13.5. The first kappa shape index (κ1) is 26.1. The highest BCUT2D eigenvalue weighted by molar-refractivity contribution is 9.10. The Labute approximate surface area is 218 Å². The van der Waals surface area contributed by atoms with Crippen molar-refractivity contribution in [1.29, 1.82) is 0 Å². The molecule has 34 heavy (non-hydrogen) atoms. The van der Waals surface area contributed by atoms with Crippen LogP contribution in [0.4, 0.5) is 0 Å². The zero-order valence-corrected chi connectivity index (χ0v) is 22.0. The summed E-state index contributed by atoms with van der Waals surface area (Å²) < 4.78 is 6.73. The monoisotopic (exact) mass is 562 g/mol. The lowest BCUT2D eigenvalue weighted by Crippen LogP contribution is -2.51. The van der Waals surface area contributed by atoms with Crippen LogP contribution in [-0.4, -0.2) is 36.4 Å². The lowest BCUT2D eigenvalue weighted by molar-refractivity contribution is -0.142. The Morgan fingerprint density at radius 1 is 1.03 bits per heavy atom. The summed E-state index contributed by atoms with van der Waals surface area (Å²) in [6, 6.07) is 19.4. The summed E-state index contributed by atoms with van der Waals surface area (Å²) in [6.07, 6.45) is 0.325. The highest BCUT2D eigenvalue weighted by Crippen LogP contribution is 2.27. The van der Waals surface area contributed by atoms with Crippen LogP contribution in [0.3, 0.4) is 0 Å². The molecule has 5 nitrogen and oxygen atoms in total. The number of hydrogen-bond acceptors (Lipinski definition) is 3. The zero-order chi connectivity index (χ0) is 24.7. The van der Waals surface area contributed by atoms with E-state index in [0.29, 0.717) is 27.8 Å². The normalized spacial score (nSPS) is 11.6. The molecule has 0 aliphatic rings. The van der Waals surface area contributed by atoms with Gasteiger partial charge in [0.1, 0.15) is 11.8 Å². The lowest BCUT2D eigenvalue weighted by atomic mass is 10.0.